The molecule has 0 aliphatic heterocycles. The van der Waals surface area contributed by atoms with Gasteiger partial charge in [0.15, 0.2) is 0 Å². The molecule has 0 aromatic carbocycles. The third-order valence-electron chi connectivity index (χ3n) is 3.69. The van der Waals surface area contributed by atoms with Crippen molar-refractivity contribution >= 4 is 6.21 Å². The van der Waals surface area contributed by atoms with Crippen molar-refractivity contribution in [2.75, 3.05) is 0 Å². The van der Waals surface area contributed by atoms with Crippen LogP contribution in [0.3, 0.4) is 0 Å². The molecule has 2 atom stereocenters. The van der Waals surface area contributed by atoms with E-state index in [-0.39, 0.29) is 5.41 Å². The highest BCUT2D eigenvalue weighted by Gasteiger charge is 2.37. The Morgan fingerprint density at radius 3 is 3.07 bits per heavy atom. The summed E-state index contributed by atoms with van der Waals surface area (Å²) in [5, 5.41) is 12.1. The highest BCUT2D eigenvalue weighted by atomic mass is 16.4. The minimum absolute atomic E-state index is 0.121. The molecule has 0 amide bonds. The summed E-state index contributed by atoms with van der Waals surface area (Å²) in [6, 6.07) is 0. The first kappa shape index (κ1) is 10.2. The van der Waals surface area contributed by atoms with Crippen LogP contribution < -0.4 is 0 Å². The van der Waals surface area contributed by atoms with Crippen molar-refractivity contribution < 1.29 is 5.21 Å². The van der Waals surface area contributed by atoms with Crippen LogP contribution in [0.15, 0.2) is 40.6 Å². The molecule has 80 valence electrons. The van der Waals surface area contributed by atoms with Crippen LogP contribution in [-0.4, -0.2) is 11.4 Å². The van der Waals surface area contributed by atoms with Crippen molar-refractivity contribution in [3.8, 4) is 0 Å². The SMILES string of the molecule is CC1CC=C2C=CCC=C2C1(C)C=NO. The number of allylic oxidation sites excluding steroid dienone is 6. The maximum Gasteiger partial charge on any atom is 0.0541 e. The van der Waals surface area contributed by atoms with Gasteiger partial charge in [-0.3, -0.25) is 0 Å². The summed E-state index contributed by atoms with van der Waals surface area (Å²) in [6.45, 7) is 4.35. The lowest BCUT2D eigenvalue weighted by Crippen LogP contribution is -2.33. The molecule has 2 unspecified atom stereocenters. The summed E-state index contributed by atoms with van der Waals surface area (Å²) < 4.78 is 0. The lowest BCUT2D eigenvalue weighted by molar-refractivity contribution is 0.299. The van der Waals surface area contributed by atoms with E-state index < -0.39 is 0 Å². The molecule has 1 N–H and O–H groups in total. The van der Waals surface area contributed by atoms with Crippen LogP contribution in [0, 0.1) is 11.3 Å². The predicted molar refractivity (Wildman–Crippen MR) is 62.1 cm³/mol. The molecule has 2 aliphatic rings. The first-order valence-corrected chi connectivity index (χ1v) is 5.45. The van der Waals surface area contributed by atoms with Gasteiger partial charge in [-0.1, -0.05) is 38.2 Å². The molecule has 0 radical (unpaired) electrons. The molecule has 15 heavy (non-hydrogen) atoms. The van der Waals surface area contributed by atoms with Crippen molar-refractivity contribution in [2.24, 2.45) is 16.5 Å². The minimum Gasteiger partial charge on any atom is -0.411 e. The molecule has 0 aromatic rings. The monoisotopic (exact) mass is 203 g/mol. The van der Waals surface area contributed by atoms with Gasteiger partial charge in [-0.2, -0.15) is 0 Å². The zero-order chi connectivity index (χ0) is 10.9. The smallest absolute Gasteiger partial charge is 0.0541 e. The molecule has 2 heteroatoms. The van der Waals surface area contributed by atoms with Crippen LogP contribution in [0.4, 0.5) is 0 Å². The molecular formula is C13H17NO. The fourth-order valence-electron chi connectivity index (χ4n) is 2.43. The van der Waals surface area contributed by atoms with E-state index in [1.807, 2.05) is 0 Å². The van der Waals surface area contributed by atoms with Gasteiger partial charge < -0.3 is 5.21 Å². The number of hydrogen-bond acceptors (Lipinski definition) is 2. The lowest BCUT2D eigenvalue weighted by Gasteiger charge is -2.39. The first-order valence-electron chi connectivity index (χ1n) is 5.45. The van der Waals surface area contributed by atoms with E-state index in [1.54, 1.807) is 6.21 Å². The van der Waals surface area contributed by atoms with Crippen molar-refractivity contribution in [3.63, 3.8) is 0 Å². The van der Waals surface area contributed by atoms with Gasteiger partial charge >= 0.3 is 0 Å². The average molecular weight is 203 g/mol. The highest BCUT2D eigenvalue weighted by molar-refractivity contribution is 5.74. The van der Waals surface area contributed by atoms with Crippen molar-refractivity contribution in [1.82, 2.24) is 0 Å². The van der Waals surface area contributed by atoms with Gasteiger partial charge in [-0.05, 0) is 29.9 Å². The standard InChI is InChI=1S/C13H17NO/c1-10-7-8-11-5-3-4-6-12(11)13(10,2)9-14-15/h3,5-6,8-10,15H,4,7H2,1-2H3. The van der Waals surface area contributed by atoms with Crippen LogP contribution in [0.2, 0.25) is 0 Å². The number of fused-ring (bicyclic) bond motifs is 1. The summed E-state index contributed by atoms with van der Waals surface area (Å²) in [5.41, 5.74) is 2.48. The number of rotatable bonds is 1. The third kappa shape index (κ3) is 1.54. The Morgan fingerprint density at radius 1 is 1.53 bits per heavy atom. The quantitative estimate of drug-likeness (QED) is 0.396. The Labute approximate surface area is 90.7 Å². The van der Waals surface area contributed by atoms with Crippen LogP contribution in [0.5, 0.6) is 0 Å². The lowest BCUT2D eigenvalue weighted by atomic mass is 9.65. The van der Waals surface area contributed by atoms with Gasteiger partial charge in [0.2, 0.25) is 0 Å². The Bertz CT molecular complexity index is 376. The maximum atomic E-state index is 8.80. The van der Waals surface area contributed by atoms with Gasteiger partial charge in [-0.15, -0.1) is 5.16 Å². The fraction of sp³-hybridized carbons (Fsp3) is 0.462. The normalized spacial score (nSPS) is 34.9. The Balaban J connectivity index is 2.46. The summed E-state index contributed by atoms with van der Waals surface area (Å²) in [4.78, 5) is 0. The Morgan fingerprint density at radius 2 is 2.33 bits per heavy atom. The number of hydrogen-bond donors (Lipinski definition) is 1. The molecule has 0 saturated carbocycles. The summed E-state index contributed by atoms with van der Waals surface area (Å²) in [7, 11) is 0. The predicted octanol–water partition coefficient (Wildman–Crippen LogP) is 3.31. The van der Waals surface area contributed by atoms with Crippen molar-refractivity contribution in [3.05, 3.63) is 35.5 Å². The second kappa shape index (κ2) is 3.69. The topological polar surface area (TPSA) is 32.6 Å². The molecule has 0 saturated heterocycles. The Kier molecular flexibility index (Phi) is 2.51. The first-order chi connectivity index (χ1) is 7.18. The van der Waals surface area contributed by atoms with Crippen molar-refractivity contribution in [2.45, 2.75) is 26.7 Å². The van der Waals surface area contributed by atoms with Crippen LogP contribution in [0.1, 0.15) is 26.7 Å². The van der Waals surface area contributed by atoms with E-state index >= 15 is 0 Å². The molecule has 0 bridgehead atoms. The minimum atomic E-state index is -0.121. The van der Waals surface area contributed by atoms with E-state index in [4.69, 9.17) is 5.21 Å². The molecule has 0 spiro atoms. The zero-order valence-corrected chi connectivity index (χ0v) is 9.27. The van der Waals surface area contributed by atoms with Crippen LogP contribution in [-0.2, 0) is 0 Å². The van der Waals surface area contributed by atoms with E-state index in [0.29, 0.717) is 5.92 Å². The van der Waals surface area contributed by atoms with Gasteiger partial charge in [0, 0.05) is 5.41 Å². The van der Waals surface area contributed by atoms with Crippen LogP contribution in [0.25, 0.3) is 0 Å². The maximum absolute atomic E-state index is 8.80. The van der Waals surface area contributed by atoms with E-state index in [1.165, 1.54) is 11.1 Å². The number of nitrogens with zero attached hydrogens (tertiary/aromatic N) is 1. The van der Waals surface area contributed by atoms with E-state index in [9.17, 15) is 0 Å². The molecule has 0 heterocycles. The average Bonchev–Trinajstić information content (AvgIpc) is 2.25. The van der Waals surface area contributed by atoms with Gasteiger partial charge in [0.25, 0.3) is 0 Å². The zero-order valence-electron chi connectivity index (χ0n) is 9.27. The van der Waals surface area contributed by atoms with Crippen molar-refractivity contribution in [1.29, 1.82) is 0 Å². The summed E-state index contributed by atoms with van der Waals surface area (Å²) in [6.07, 6.45) is 12.6. The second-order valence-electron chi connectivity index (χ2n) is 4.58. The number of oxime groups is 1. The molecule has 0 fully saturated rings. The highest BCUT2D eigenvalue weighted by Crippen LogP contribution is 2.45. The third-order valence-corrected chi connectivity index (χ3v) is 3.69. The molecule has 2 nitrogen and oxygen atoms in total. The molecule has 2 rings (SSSR count). The van der Waals surface area contributed by atoms with E-state index in [2.05, 4.69) is 43.3 Å². The molecule has 0 aromatic heterocycles. The second-order valence-corrected chi connectivity index (χ2v) is 4.58. The van der Waals surface area contributed by atoms with Crippen LogP contribution >= 0.6 is 0 Å². The van der Waals surface area contributed by atoms with E-state index in [0.717, 1.165) is 12.8 Å². The fourth-order valence-corrected chi connectivity index (χ4v) is 2.43. The van der Waals surface area contributed by atoms with Gasteiger partial charge in [-0.25, -0.2) is 0 Å². The molecular weight excluding hydrogens is 186 g/mol. The summed E-state index contributed by atoms with van der Waals surface area (Å²) >= 11 is 0. The molecule has 2 aliphatic carbocycles. The van der Waals surface area contributed by atoms with Gasteiger partial charge in [0.1, 0.15) is 0 Å². The Hall–Kier alpha value is -1.31. The largest absolute Gasteiger partial charge is 0.411 e. The van der Waals surface area contributed by atoms with Gasteiger partial charge in [0.05, 0.1) is 6.21 Å². The summed E-state index contributed by atoms with van der Waals surface area (Å²) in [5.74, 6) is 0.481.